The Morgan fingerprint density at radius 3 is 2.71 bits per heavy atom. The number of anilines is 1. The van der Waals surface area contributed by atoms with Gasteiger partial charge in [-0.15, -0.1) is 0 Å². The molecular weight excluding hydrogens is 224 g/mol. The van der Waals surface area contributed by atoms with Gasteiger partial charge in [-0.1, -0.05) is 6.92 Å². The van der Waals surface area contributed by atoms with E-state index in [0.717, 1.165) is 12.5 Å². The topological polar surface area (TPSA) is 92.5 Å². The third-order valence-corrected chi connectivity index (χ3v) is 2.89. The highest BCUT2D eigenvalue weighted by atomic mass is 16.6. The molecule has 0 radical (unpaired) electrons. The molecule has 1 aromatic rings. The Balaban J connectivity index is 2.31. The molecule has 90 valence electrons. The number of carboxylic acid groups (broad SMARTS) is 1. The first-order valence-corrected chi connectivity index (χ1v) is 5.27. The Labute approximate surface area is 97.4 Å². The van der Waals surface area contributed by atoms with Crippen molar-refractivity contribution in [2.24, 2.45) is 5.92 Å². The second kappa shape index (κ2) is 4.04. The summed E-state index contributed by atoms with van der Waals surface area (Å²) in [4.78, 5) is 21.0. The Morgan fingerprint density at radius 1 is 1.59 bits per heavy atom. The Hall–Kier alpha value is -2.11. The summed E-state index contributed by atoms with van der Waals surface area (Å²) < 4.78 is 0. The van der Waals surface area contributed by atoms with Gasteiger partial charge in [0.15, 0.2) is 0 Å². The van der Waals surface area contributed by atoms with E-state index in [9.17, 15) is 14.9 Å². The molecule has 6 nitrogen and oxygen atoms in total. The van der Waals surface area contributed by atoms with E-state index in [2.05, 4.69) is 12.2 Å². The molecule has 2 atom stereocenters. The van der Waals surface area contributed by atoms with Gasteiger partial charge in [0.25, 0.3) is 5.69 Å². The van der Waals surface area contributed by atoms with Crippen LogP contribution in [0.3, 0.4) is 0 Å². The van der Waals surface area contributed by atoms with Crippen molar-refractivity contribution < 1.29 is 14.8 Å². The molecule has 6 heteroatoms. The first kappa shape index (κ1) is 11.4. The lowest BCUT2D eigenvalue weighted by molar-refractivity contribution is -0.384. The van der Waals surface area contributed by atoms with E-state index in [1.54, 1.807) is 0 Å². The van der Waals surface area contributed by atoms with Gasteiger partial charge < -0.3 is 10.4 Å². The first-order chi connectivity index (χ1) is 7.99. The van der Waals surface area contributed by atoms with Crippen LogP contribution in [0.25, 0.3) is 0 Å². The average Bonchev–Trinajstić information content (AvgIpc) is 2.94. The summed E-state index contributed by atoms with van der Waals surface area (Å²) >= 11 is 0. The van der Waals surface area contributed by atoms with Crippen LogP contribution in [0.1, 0.15) is 23.7 Å². The van der Waals surface area contributed by atoms with E-state index in [1.165, 1.54) is 12.1 Å². The molecule has 0 aromatic heterocycles. The molecule has 17 heavy (non-hydrogen) atoms. The molecule has 0 saturated heterocycles. The minimum atomic E-state index is -1.16. The van der Waals surface area contributed by atoms with E-state index in [-0.39, 0.29) is 17.3 Å². The van der Waals surface area contributed by atoms with E-state index < -0.39 is 10.9 Å². The zero-order chi connectivity index (χ0) is 12.6. The molecule has 1 aliphatic rings. The second-order valence-corrected chi connectivity index (χ2v) is 4.26. The number of aromatic carboxylic acids is 1. The number of rotatable bonds is 4. The number of hydrogen-bond donors (Lipinski definition) is 2. The third kappa shape index (κ3) is 2.35. The van der Waals surface area contributed by atoms with Crippen molar-refractivity contribution in [1.82, 2.24) is 0 Å². The Kier molecular flexibility index (Phi) is 2.71. The van der Waals surface area contributed by atoms with Gasteiger partial charge in [0.2, 0.25) is 0 Å². The summed E-state index contributed by atoms with van der Waals surface area (Å²) in [5.74, 6) is -0.642. The van der Waals surface area contributed by atoms with Crippen molar-refractivity contribution in [3.63, 3.8) is 0 Å². The fraction of sp³-hybridized carbons (Fsp3) is 0.364. The van der Waals surface area contributed by atoms with Crippen LogP contribution in [-0.2, 0) is 0 Å². The highest BCUT2D eigenvalue weighted by Gasteiger charge is 2.33. The number of nitro groups is 1. The zero-order valence-electron chi connectivity index (χ0n) is 9.21. The Bertz CT molecular complexity index is 486. The fourth-order valence-electron chi connectivity index (χ4n) is 1.67. The molecule has 2 rings (SSSR count). The number of nitrogens with zero attached hydrogens (tertiary/aromatic N) is 1. The monoisotopic (exact) mass is 236 g/mol. The number of non-ortho nitro benzene ring substituents is 1. The summed E-state index contributed by atoms with van der Waals surface area (Å²) in [6.07, 6.45) is 0.996. The van der Waals surface area contributed by atoms with Gasteiger partial charge >= 0.3 is 5.97 Å². The first-order valence-electron chi connectivity index (χ1n) is 5.27. The predicted molar refractivity (Wildman–Crippen MR) is 61.2 cm³/mol. The molecule has 0 heterocycles. The van der Waals surface area contributed by atoms with Crippen molar-refractivity contribution in [2.45, 2.75) is 19.4 Å². The smallest absolute Gasteiger partial charge is 0.338 e. The van der Waals surface area contributed by atoms with Gasteiger partial charge in [-0.2, -0.15) is 0 Å². The third-order valence-electron chi connectivity index (χ3n) is 2.89. The molecule has 2 N–H and O–H groups in total. The number of carboxylic acids is 1. The average molecular weight is 236 g/mol. The molecule has 2 unspecified atom stereocenters. The molecule has 1 aliphatic carbocycles. The number of carbonyl (C=O) groups is 1. The van der Waals surface area contributed by atoms with Crippen molar-refractivity contribution in [2.75, 3.05) is 5.32 Å². The highest BCUT2D eigenvalue weighted by Crippen LogP contribution is 2.34. The van der Waals surface area contributed by atoms with Crippen LogP contribution in [0, 0.1) is 16.0 Å². The Morgan fingerprint density at radius 2 is 2.24 bits per heavy atom. The fourth-order valence-corrected chi connectivity index (χ4v) is 1.67. The van der Waals surface area contributed by atoms with Crippen LogP contribution < -0.4 is 5.32 Å². The summed E-state index contributed by atoms with van der Waals surface area (Å²) in [5, 5.41) is 22.7. The molecule has 0 bridgehead atoms. The molecular formula is C11H12N2O4. The molecule has 0 spiro atoms. The van der Waals surface area contributed by atoms with Gasteiger partial charge in [-0.05, 0) is 18.4 Å². The number of nitrogens with one attached hydrogen (secondary N) is 1. The van der Waals surface area contributed by atoms with Gasteiger partial charge in [0, 0.05) is 23.9 Å². The lowest BCUT2D eigenvalue weighted by Crippen LogP contribution is -2.09. The number of hydrogen-bond acceptors (Lipinski definition) is 4. The highest BCUT2D eigenvalue weighted by molar-refractivity contribution is 5.95. The van der Waals surface area contributed by atoms with Gasteiger partial charge in [-0.25, -0.2) is 4.79 Å². The molecule has 0 aliphatic heterocycles. The summed E-state index contributed by atoms with van der Waals surface area (Å²) in [5.41, 5.74) is 0.174. The standard InChI is InChI=1S/C11H12N2O4/c1-6-4-10(6)12-9-3-2-7(13(16)17)5-8(9)11(14)15/h2-3,5-6,10,12H,4H2,1H3,(H,14,15). The molecule has 1 saturated carbocycles. The molecule has 1 fully saturated rings. The van der Waals surface area contributed by atoms with Crippen molar-refractivity contribution in [3.8, 4) is 0 Å². The molecule has 0 amide bonds. The van der Waals surface area contributed by atoms with Crippen LogP contribution in [0.15, 0.2) is 18.2 Å². The summed E-state index contributed by atoms with van der Waals surface area (Å²) in [6, 6.07) is 4.11. The van der Waals surface area contributed by atoms with Crippen molar-refractivity contribution in [1.29, 1.82) is 0 Å². The van der Waals surface area contributed by atoms with E-state index in [0.29, 0.717) is 11.6 Å². The van der Waals surface area contributed by atoms with Crippen molar-refractivity contribution >= 4 is 17.3 Å². The van der Waals surface area contributed by atoms with Crippen LogP contribution in [0.4, 0.5) is 11.4 Å². The zero-order valence-corrected chi connectivity index (χ0v) is 9.21. The quantitative estimate of drug-likeness (QED) is 0.617. The van der Waals surface area contributed by atoms with Crippen LogP contribution in [-0.4, -0.2) is 22.0 Å². The maximum atomic E-state index is 11.0. The van der Waals surface area contributed by atoms with E-state index in [1.807, 2.05) is 0 Å². The van der Waals surface area contributed by atoms with Gasteiger partial charge in [-0.3, -0.25) is 10.1 Å². The maximum absolute atomic E-state index is 11.0. The number of nitro benzene ring substituents is 1. The van der Waals surface area contributed by atoms with E-state index in [4.69, 9.17) is 5.11 Å². The minimum Gasteiger partial charge on any atom is -0.478 e. The van der Waals surface area contributed by atoms with Crippen LogP contribution in [0.2, 0.25) is 0 Å². The minimum absolute atomic E-state index is 0.0571. The summed E-state index contributed by atoms with van der Waals surface area (Å²) in [6.45, 7) is 2.06. The lowest BCUT2D eigenvalue weighted by Gasteiger charge is -2.08. The van der Waals surface area contributed by atoms with E-state index >= 15 is 0 Å². The normalized spacial score (nSPS) is 21.9. The van der Waals surface area contributed by atoms with Gasteiger partial charge in [0.1, 0.15) is 0 Å². The van der Waals surface area contributed by atoms with Gasteiger partial charge in [0.05, 0.1) is 10.5 Å². The summed E-state index contributed by atoms with van der Waals surface area (Å²) in [7, 11) is 0. The van der Waals surface area contributed by atoms with Crippen LogP contribution in [0.5, 0.6) is 0 Å². The number of benzene rings is 1. The predicted octanol–water partition coefficient (Wildman–Crippen LogP) is 2.11. The SMILES string of the molecule is CC1CC1Nc1ccc([N+](=O)[O-])cc1C(=O)O. The maximum Gasteiger partial charge on any atom is 0.338 e. The van der Waals surface area contributed by atoms with Crippen molar-refractivity contribution in [3.05, 3.63) is 33.9 Å². The second-order valence-electron chi connectivity index (χ2n) is 4.26. The van der Waals surface area contributed by atoms with Crippen LogP contribution >= 0.6 is 0 Å². The largest absolute Gasteiger partial charge is 0.478 e. The lowest BCUT2D eigenvalue weighted by atomic mass is 10.1. The molecule has 1 aromatic carbocycles.